The number of aromatic nitrogens is 1. The number of amides is 1. The zero-order valence-electron chi connectivity index (χ0n) is 11.2. The van der Waals surface area contributed by atoms with Gasteiger partial charge in [-0.3, -0.25) is 9.69 Å². The minimum atomic E-state index is -0.262. The molecular formula is C13H21N5O. The van der Waals surface area contributed by atoms with Gasteiger partial charge in [0.1, 0.15) is 5.82 Å². The number of carbonyl (C=O) groups excluding carboxylic acids is 1. The second-order valence-corrected chi connectivity index (χ2v) is 5.03. The number of aryl methyl sites for hydroxylation is 1. The topological polar surface area (TPSA) is 97.3 Å². The summed E-state index contributed by atoms with van der Waals surface area (Å²) in [5.74, 6) is 0.599. The van der Waals surface area contributed by atoms with Crippen LogP contribution in [-0.4, -0.2) is 41.5 Å². The molecule has 1 fully saturated rings. The molecule has 2 heterocycles. The second-order valence-electron chi connectivity index (χ2n) is 5.03. The van der Waals surface area contributed by atoms with Crippen molar-refractivity contribution in [3.05, 3.63) is 17.8 Å². The van der Waals surface area contributed by atoms with E-state index in [1.54, 1.807) is 0 Å². The van der Waals surface area contributed by atoms with Gasteiger partial charge < -0.3 is 16.8 Å². The number of nitrogens with zero attached hydrogens (tertiary/aromatic N) is 2. The number of anilines is 2. The van der Waals surface area contributed by atoms with E-state index in [1.165, 1.54) is 0 Å². The van der Waals surface area contributed by atoms with Crippen LogP contribution in [0.15, 0.2) is 12.1 Å². The number of piperidine rings is 1. The van der Waals surface area contributed by atoms with Crippen molar-refractivity contribution in [3.63, 3.8) is 0 Å². The standard InChI is InChI=1S/C13H21N5O/c1-9-11(14)2-3-13(16-9)17-10-4-6-18(7-5-10)8-12(15)19/h2-3,10H,4-8,14H2,1H3,(H2,15,19)(H,16,17). The number of likely N-dealkylation sites (tertiary alicyclic amines) is 1. The molecule has 0 aliphatic carbocycles. The molecule has 0 aromatic carbocycles. The molecule has 0 unspecified atom stereocenters. The highest BCUT2D eigenvalue weighted by molar-refractivity contribution is 5.75. The first kappa shape index (κ1) is 13.6. The van der Waals surface area contributed by atoms with Gasteiger partial charge in [-0.1, -0.05) is 0 Å². The van der Waals surface area contributed by atoms with E-state index in [0.717, 1.165) is 37.4 Å². The Morgan fingerprint density at radius 3 is 2.74 bits per heavy atom. The average Bonchev–Trinajstić information content (AvgIpc) is 2.36. The zero-order chi connectivity index (χ0) is 13.8. The average molecular weight is 263 g/mol. The highest BCUT2D eigenvalue weighted by Gasteiger charge is 2.20. The Balaban J connectivity index is 1.85. The van der Waals surface area contributed by atoms with E-state index < -0.39 is 0 Å². The predicted octanol–water partition coefficient (Wildman–Crippen LogP) is 0.334. The molecular weight excluding hydrogens is 242 g/mol. The lowest BCUT2D eigenvalue weighted by Crippen LogP contribution is -2.43. The normalized spacial score (nSPS) is 17.3. The van der Waals surface area contributed by atoms with Gasteiger partial charge in [-0.2, -0.15) is 0 Å². The van der Waals surface area contributed by atoms with Crippen LogP contribution in [0.5, 0.6) is 0 Å². The SMILES string of the molecule is Cc1nc(NC2CCN(CC(N)=O)CC2)ccc1N. The third kappa shape index (κ3) is 3.82. The summed E-state index contributed by atoms with van der Waals surface area (Å²) in [5.41, 5.74) is 12.5. The summed E-state index contributed by atoms with van der Waals surface area (Å²) in [5, 5.41) is 3.41. The molecule has 0 saturated carbocycles. The van der Waals surface area contributed by atoms with Crippen molar-refractivity contribution in [3.8, 4) is 0 Å². The quantitative estimate of drug-likeness (QED) is 0.727. The number of pyridine rings is 1. The van der Waals surface area contributed by atoms with Crippen LogP contribution in [0.1, 0.15) is 18.5 Å². The minimum absolute atomic E-state index is 0.262. The predicted molar refractivity (Wildman–Crippen MR) is 75.7 cm³/mol. The van der Waals surface area contributed by atoms with E-state index in [9.17, 15) is 4.79 Å². The van der Waals surface area contributed by atoms with Crippen molar-refractivity contribution in [1.82, 2.24) is 9.88 Å². The first-order valence-corrected chi connectivity index (χ1v) is 6.55. The van der Waals surface area contributed by atoms with Crippen molar-refractivity contribution < 1.29 is 4.79 Å². The molecule has 1 aliphatic heterocycles. The molecule has 1 aromatic rings. The molecule has 1 aromatic heterocycles. The lowest BCUT2D eigenvalue weighted by molar-refractivity contribution is -0.119. The summed E-state index contributed by atoms with van der Waals surface area (Å²) in [6.07, 6.45) is 1.97. The van der Waals surface area contributed by atoms with E-state index in [0.29, 0.717) is 18.3 Å². The lowest BCUT2D eigenvalue weighted by atomic mass is 10.1. The van der Waals surface area contributed by atoms with Crippen LogP contribution in [0.2, 0.25) is 0 Å². The number of rotatable bonds is 4. The van der Waals surface area contributed by atoms with Crippen LogP contribution in [0.4, 0.5) is 11.5 Å². The van der Waals surface area contributed by atoms with Crippen LogP contribution in [0, 0.1) is 6.92 Å². The molecule has 5 N–H and O–H groups in total. The Hall–Kier alpha value is -1.82. The van der Waals surface area contributed by atoms with Crippen molar-refractivity contribution in [1.29, 1.82) is 0 Å². The van der Waals surface area contributed by atoms with Gasteiger partial charge in [0.05, 0.1) is 17.9 Å². The largest absolute Gasteiger partial charge is 0.397 e. The number of primary amides is 1. The number of hydrogen-bond donors (Lipinski definition) is 3. The summed E-state index contributed by atoms with van der Waals surface area (Å²) in [4.78, 5) is 17.3. The molecule has 0 atom stereocenters. The number of hydrogen-bond acceptors (Lipinski definition) is 5. The minimum Gasteiger partial charge on any atom is -0.397 e. The monoisotopic (exact) mass is 263 g/mol. The molecule has 2 rings (SSSR count). The van der Waals surface area contributed by atoms with E-state index in [1.807, 2.05) is 19.1 Å². The molecule has 104 valence electrons. The number of carbonyl (C=O) groups is 1. The number of nitrogens with two attached hydrogens (primary N) is 2. The molecule has 0 spiro atoms. The molecule has 1 saturated heterocycles. The van der Waals surface area contributed by atoms with Crippen molar-refractivity contribution in [2.24, 2.45) is 5.73 Å². The number of nitrogen functional groups attached to an aromatic ring is 1. The summed E-state index contributed by atoms with van der Waals surface area (Å²) in [6.45, 7) is 4.02. The van der Waals surface area contributed by atoms with Crippen LogP contribution >= 0.6 is 0 Å². The Morgan fingerprint density at radius 2 is 2.16 bits per heavy atom. The van der Waals surface area contributed by atoms with Gasteiger partial charge in [0.15, 0.2) is 0 Å². The number of nitrogens with one attached hydrogen (secondary N) is 1. The first-order chi connectivity index (χ1) is 9.04. The fourth-order valence-electron chi connectivity index (χ4n) is 2.32. The van der Waals surface area contributed by atoms with Crippen LogP contribution in [0.25, 0.3) is 0 Å². The Labute approximate surface area is 113 Å². The van der Waals surface area contributed by atoms with Crippen LogP contribution in [0.3, 0.4) is 0 Å². The molecule has 1 aliphatic rings. The van der Waals surface area contributed by atoms with Gasteiger partial charge in [-0.05, 0) is 31.9 Å². The van der Waals surface area contributed by atoms with E-state index in [-0.39, 0.29) is 5.91 Å². The molecule has 6 nitrogen and oxygen atoms in total. The lowest BCUT2D eigenvalue weighted by Gasteiger charge is -2.31. The third-order valence-corrected chi connectivity index (χ3v) is 3.45. The Bertz CT molecular complexity index is 454. The first-order valence-electron chi connectivity index (χ1n) is 6.55. The third-order valence-electron chi connectivity index (χ3n) is 3.45. The van der Waals surface area contributed by atoms with Gasteiger partial charge in [0.25, 0.3) is 0 Å². The van der Waals surface area contributed by atoms with Gasteiger partial charge in [-0.25, -0.2) is 4.98 Å². The van der Waals surface area contributed by atoms with Crippen molar-refractivity contribution in [2.45, 2.75) is 25.8 Å². The smallest absolute Gasteiger partial charge is 0.231 e. The highest BCUT2D eigenvalue weighted by atomic mass is 16.1. The van der Waals surface area contributed by atoms with E-state index in [2.05, 4.69) is 15.2 Å². The molecule has 6 heteroatoms. The second kappa shape index (κ2) is 5.88. The molecule has 0 bridgehead atoms. The van der Waals surface area contributed by atoms with Gasteiger partial charge in [0.2, 0.25) is 5.91 Å². The summed E-state index contributed by atoms with van der Waals surface area (Å²) in [6, 6.07) is 4.16. The summed E-state index contributed by atoms with van der Waals surface area (Å²) < 4.78 is 0. The zero-order valence-corrected chi connectivity index (χ0v) is 11.2. The Morgan fingerprint density at radius 1 is 1.47 bits per heavy atom. The van der Waals surface area contributed by atoms with Crippen LogP contribution < -0.4 is 16.8 Å². The van der Waals surface area contributed by atoms with Gasteiger partial charge in [-0.15, -0.1) is 0 Å². The highest BCUT2D eigenvalue weighted by Crippen LogP contribution is 2.17. The maximum absolute atomic E-state index is 10.9. The maximum atomic E-state index is 10.9. The Kier molecular flexibility index (Phi) is 4.21. The summed E-state index contributed by atoms with van der Waals surface area (Å²) >= 11 is 0. The van der Waals surface area contributed by atoms with Gasteiger partial charge in [0, 0.05) is 19.1 Å². The van der Waals surface area contributed by atoms with E-state index >= 15 is 0 Å². The summed E-state index contributed by atoms with van der Waals surface area (Å²) in [7, 11) is 0. The van der Waals surface area contributed by atoms with Crippen molar-refractivity contribution >= 4 is 17.4 Å². The van der Waals surface area contributed by atoms with Gasteiger partial charge >= 0.3 is 0 Å². The van der Waals surface area contributed by atoms with Crippen LogP contribution in [-0.2, 0) is 4.79 Å². The fraction of sp³-hybridized carbons (Fsp3) is 0.538. The maximum Gasteiger partial charge on any atom is 0.231 e. The fourth-order valence-corrected chi connectivity index (χ4v) is 2.32. The molecule has 19 heavy (non-hydrogen) atoms. The molecule has 0 radical (unpaired) electrons. The van der Waals surface area contributed by atoms with E-state index in [4.69, 9.17) is 11.5 Å². The molecule has 1 amide bonds. The van der Waals surface area contributed by atoms with Crippen molar-refractivity contribution in [2.75, 3.05) is 30.7 Å².